The molecule has 174 valence electrons. The van der Waals surface area contributed by atoms with E-state index in [1.165, 1.54) is 24.3 Å². The Morgan fingerprint density at radius 3 is 2.61 bits per heavy atom. The highest BCUT2D eigenvalue weighted by Gasteiger charge is 2.53. The van der Waals surface area contributed by atoms with Crippen molar-refractivity contribution in [2.75, 3.05) is 26.2 Å². The molecule has 2 aliphatic rings. The Morgan fingerprint density at radius 1 is 1.24 bits per heavy atom. The Kier molecular flexibility index (Phi) is 6.51. The van der Waals surface area contributed by atoms with E-state index < -0.39 is 12.1 Å². The lowest BCUT2D eigenvalue weighted by molar-refractivity contribution is -0.126. The van der Waals surface area contributed by atoms with Gasteiger partial charge in [-0.3, -0.25) is 9.69 Å². The highest BCUT2D eigenvalue weighted by atomic mass is 19.1. The number of benzene rings is 2. The van der Waals surface area contributed by atoms with E-state index in [0.29, 0.717) is 48.3 Å². The number of amides is 1. The topological polar surface area (TPSA) is 70.1 Å². The summed E-state index contributed by atoms with van der Waals surface area (Å²) in [5.74, 6) is -0.00463. The molecule has 7 heteroatoms. The molecule has 1 aliphatic carbocycles. The van der Waals surface area contributed by atoms with E-state index in [4.69, 9.17) is 9.84 Å². The van der Waals surface area contributed by atoms with Crippen molar-refractivity contribution in [3.05, 3.63) is 77.6 Å². The van der Waals surface area contributed by atoms with Crippen molar-refractivity contribution in [2.24, 2.45) is 11.8 Å². The second-order valence-corrected chi connectivity index (χ2v) is 8.95. The molecule has 2 unspecified atom stereocenters. The van der Waals surface area contributed by atoms with Crippen molar-refractivity contribution >= 4 is 11.9 Å². The summed E-state index contributed by atoms with van der Waals surface area (Å²) in [6.07, 6.45) is 0.921. The third-order valence-electron chi connectivity index (χ3n) is 6.83. The molecule has 1 N–H and O–H groups in total. The van der Waals surface area contributed by atoms with Gasteiger partial charge in [0.25, 0.3) is 0 Å². The summed E-state index contributed by atoms with van der Waals surface area (Å²) < 4.78 is 20.6. The van der Waals surface area contributed by atoms with Crippen LogP contribution in [0, 0.1) is 24.6 Å². The van der Waals surface area contributed by atoms with Gasteiger partial charge in [-0.25, -0.2) is 9.18 Å². The predicted molar refractivity (Wildman–Crippen MR) is 123 cm³/mol. The molecular weight excluding hydrogens is 423 g/mol. The number of aromatic carboxylic acids is 1. The molecule has 2 fully saturated rings. The molecule has 2 aromatic rings. The molecule has 1 aliphatic heterocycles. The lowest BCUT2D eigenvalue weighted by Crippen LogP contribution is -2.39. The van der Waals surface area contributed by atoms with Gasteiger partial charge in [-0.2, -0.15) is 0 Å². The summed E-state index contributed by atoms with van der Waals surface area (Å²) in [7, 11) is 0. The molecule has 0 radical (unpaired) electrons. The maximum absolute atomic E-state index is 14.4. The first-order valence-corrected chi connectivity index (χ1v) is 11.2. The molecule has 1 saturated heterocycles. The molecule has 0 bridgehead atoms. The zero-order valence-electron chi connectivity index (χ0n) is 18.9. The van der Waals surface area contributed by atoms with Crippen LogP contribution in [-0.4, -0.2) is 59.0 Å². The molecule has 4 atom stereocenters. The number of aryl methyl sites for hydroxylation is 1. The zero-order valence-corrected chi connectivity index (χ0v) is 18.9. The van der Waals surface area contributed by atoms with Gasteiger partial charge in [-0.15, -0.1) is 0 Å². The number of fused-ring (bicyclic) bond motifs is 1. The van der Waals surface area contributed by atoms with E-state index in [2.05, 4.69) is 18.4 Å². The fourth-order valence-corrected chi connectivity index (χ4v) is 4.73. The van der Waals surface area contributed by atoms with Crippen LogP contribution >= 0.6 is 0 Å². The van der Waals surface area contributed by atoms with Crippen LogP contribution in [0.3, 0.4) is 0 Å². The van der Waals surface area contributed by atoms with Crippen LogP contribution in [0.5, 0.6) is 5.75 Å². The molecule has 1 heterocycles. The minimum Gasteiger partial charge on any atom is -0.484 e. The third-order valence-corrected chi connectivity index (χ3v) is 6.83. The number of carboxylic acid groups (broad SMARTS) is 1. The van der Waals surface area contributed by atoms with E-state index in [0.717, 1.165) is 6.54 Å². The number of halogens is 1. The van der Waals surface area contributed by atoms with Crippen LogP contribution in [0.25, 0.3) is 0 Å². The molecule has 33 heavy (non-hydrogen) atoms. The van der Waals surface area contributed by atoms with E-state index >= 15 is 0 Å². The van der Waals surface area contributed by atoms with Crippen molar-refractivity contribution in [1.82, 2.24) is 9.80 Å². The summed E-state index contributed by atoms with van der Waals surface area (Å²) in [5, 5.41) is 9.14. The van der Waals surface area contributed by atoms with Crippen molar-refractivity contribution in [1.29, 1.82) is 0 Å². The average Bonchev–Trinajstić information content (AvgIpc) is 3.47. The number of hydrogen-bond donors (Lipinski definition) is 1. The molecule has 2 aromatic carbocycles. The minimum absolute atomic E-state index is 0.0388. The second-order valence-electron chi connectivity index (χ2n) is 8.95. The van der Waals surface area contributed by atoms with E-state index in [1.807, 2.05) is 11.0 Å². The van der Waals surface area contributed by atoms with Crippen LogP contribution < -0.4 is 4.74 Å². The van der Waals surface area contributed by atoms with Gasteiger partial charge >= 0.3 is 5.97 Å². The Balaban J connectivity index is 1.55. The lowest BCUT2D eigenvalue weighted by atomic mass is 10.1. The number of carboxylic acids is 1. The highest BCUT2D eigenvalue weighted by molar-refractivity contribution is 5.88. The number of hydrogen-bond acceptors (Lipinski definition) is 4. The summed E-state index contributed by atoms with van der Waals surface area (Å²) in [5.41, 5.74) is 1.45. The maximum atomic E-state index is 14.4. The second kappa shape index (κ2) is 9.35. The molecule has 1 saturated carbocycles. The Labute approximate surface area is 193 Å². The quantitative estimate of drug-likeness (QED) is 0.645. The predicted octanol–water partition coefficient (Wildman–Crippen LogP) is 3.92. The Hall–Kier alpha value is -3.19. The summed E-state index contributed by atoms with van der Waals surface area (Å²) in [6.45, 7) is 10.2. The van der Waals surface area contributed by atoms with Crippen LogP contribution in [0.1, 0.15) is 34.5 Å². The van der Waals surface area contributed by atoms with Crippen molar-refractivity contribution in [2.45, 2.75) is 26.0 Å². The molecule has 4 rings (SSSR count). The van der Waals surface area contributed by atoms with Gasteiger partial charge in [-0.05, 0) is 66.3 Å². The van der Waals surface area contributed by atoms with Gasteiger partial charge in [0, 0.05) is 32.2 Å². The first kappa shape index (κ1) is 23.0. The first-order valence-electron chi connectivity index (χ1n) is 11.2. The number of ether oxygens (including phenoxy) is 1. The van der Waals surface area contributed by atoms with Gasteiger partial charge in [-0.1, -0.05) is 25.6 Å². The fourth-order valence-electron chi connectivity index (χ4n) is 4.73. The number of nitrogens with zero attached hydrogens (tertiary/aromatic N) is 2. The van der Waals surface area contributed by atoms with Crippen LogP contribution in [0.2, 0.25) is 0 Å². The molecule has 0 spiro atoms. The SMILES string of the molecule is C=CC(=O)N1CCN(C[C@@H](Oc2ccc(C(=O)O)cc2)c2ccc(C)c(F)c2)CC2C1[C@@H]2C. The lowest BCUT2D eigenvalue weighted by Gasteiger charge is -2.29. The number of carbonyl (C=O) groups is 2. The summed E-state index contributed by atoms with van der Waals surface area (Å²) >= 11 is 0. The van der Waals surface area contributed by atoms with Crippen molar-refractivity contribution in [3.8, 4) is 5.75 Å². The number of carbonyl (C=O) groups excluding carboxylic acids is 1. The molecule has 6 nitrogen and oxygen atoms in total. The zero-order chi connectivity index (χ0) is 23.7. The van der Waals surface area contributed by atoms with E-state index in [1.54, 1.807) is 25.1 Å². The van der Waals surface area contributed by atoms with Gasteiger partial charge in [0.05, 0.1) is 5.56 Å². The van der Waals surface area contributed by atoms with Crippen LogP contribution in [0.15, 0.2) is 55.1 Å². The standard InChI is InChI=1S/C26H29FN2O4/c1-4-24(30)29-12-11-28(14-21-17(3)25(21)29)15-23(19-6-5-16(2)22(27)13-19)33-20-9-7-18(8-10-20)26(31)32/h4-10,13,17,21,23,25H,1,11-12,14-15H2,2-3H3,(H,31,32)/t17-,21?,23-,25?/m1/s1. The van der Waals surface area contributed by atoms with Gasteiger partial charge in [0.2, 0.25) is 5.91 Å². The molecular formula is C26H29FN2O4. The minimum atomic E-state index is -1.00. The Bertz CT molecular complexity index is 1050. The monoisotopic (exact) mass is 452 g/mol. The normalized spacial score (nSPS) is 23.2. The van der Waals surface area contributed by atoms with E-state index in [-0.39, 0.29) is 23.3 Å². The Morgan fingerprint density at radius 2 is 1.97 bits per heavy atom. The van der Waals surface area contributed by atoms with E-state index in [9.17, 15) is 14.0 Å². The molecule has 1 amide bonds. The van der Waals surface area contributed by atoms with Gasteiger partial charge in [0.15, 0.2) is 0 Å². The van der Waals surface area contributed by atoms with Crippen molar-refractivity contribution < 1.29 is 23.8 Å². The van der Waals surface area contributed by atoms with Crippen LogP contribution in [0.4, 0.5) is 4.39 Å². The van der Waals surface area contributed by atoms with Crippen molar-refractivity contribution in [3.63, 3.8) is 0 Å². The smallest absolute Gasteiger partial charge is 0.335 e. The van der Waals surface area contributed by atoms with Gasteiger partial charge < -0.3 is 14.7 Å². The molecule has 0 aromatic heterocycles. The fraction of sp³-hybridized carbons (Fsp3) is 0.385. The average molecular weight is 453 g/mol. The summed E-state index contributed by atoms with van der Waals surface area (Å²) in [4.78, 5) is 27.7. The highest BCUT2D eigenvalue weighted by Crippen LogP contribution is 2.45. The number of rotatable bonds is 7. The van der Waals surface area contributed by atoms with Gasteiger partial charge in [0.1, 0.15) is 17.7 Å². The third kappa shape index (κ3) is 4.93. The first-order chi connectivity index (χ1) is 15.8. The largest absolute Gasteiger partial charge is 0.484 e. The maximum Gasteiger partial charge on any atom is 0.335 e. The van der Waals surface area contributed by atoms with Crippen LogP contribution in [-0.2, 0) is 4.79 Å². The summed E-state index contributed by atoms with van der Waals surface area (Å²) in [6, 6.07) is 11.6.